The predicted octanol–water partition coefficient (Wildman–Crippen LogP) is 1.53. The van der Waals surface area contributed by atoms with Crippen LogP contribution in [0.15, 0.2) is 23.3 Å². The third kappa shape index (κ3) is 2.32. The molecule has 0 saturated heterocycles. The van der Waals surface area contributed by atoms with Gasteiger partial charge < -0.3 is 19.3 Å². The summed E-state index contributed by atoms with van der Waals surface area (Å²) < 4.78 is 15.8. The van der Waals surface area contributed by atoms with E-state index >= 15 is 0 Å². The molecule has 0 bridgehead atoms. The average Bonchev–Trinajstić information content (AvgIpc) is 3.02. The smallest absolute Gasteiger partial charge is 0.343 e. The lowest BCUT2D eigenvalue weighted by Gasteiger charge is -2.15. The van der Waals surface area contributed by atoms with E-state index < -0.39 is 18.1 Å². The Morgan fingerprint density at radius 1 is 1.59 bits per heavy atom. The second kappa shape index (κ2) is 5.75. The van der Waals surface area contributed by atoms with Gasteiger partial charge in [0.2, 0.25) is 0 Å². The molecule has 1 N–H and O–H groups in total. The standard InChI is InChI=1S/C14H15N3O5/c1-20-11(19)6-21-9-4-2-3-7-12-10(22-14(7)9)5-8(18)13(12)16-17-15/h2-4,8,10,12-13,18H,5-6H2,1H3. The molecule has 0 aromatic heterocycles. The largest absolute Gasteiger partial charge is 0.485 e. The van der Waals surface area contributed by atoms with Crippen LogP contribution < -0.4 is 9.47 Å². The zero-order valence-corrected chi connectivity index (χ0v) is 11.9. The number of rotatable bonds is 4. The molecule has 0 spiro atoms. The summed E-state index contributed by atoms with van der Waals surface area (Å²) in [7, 11) is 1.29. The van der Waals surface area contributed by atoms with E-state index in [1.807, 2.05) is 6.07 Å². The van der Waals surface area contributed by atoms with Crippen LogP contribution in [0.1, 0.15) is 17.9 Å². The molecule has 116 valence electrons. The van der Waals surface area contributed by atoms with Crippen molar-refractivity contribution in [3.05, 3.63) is 34.2 Å². The molecule has 2 aliphatic rings. The summed E-state index contributed by atoms with van der Waals surface area (Å²) in [5, 5.41) is 13.7. The summed E-state index contributed by atoms with van der Waals surface area (Å²) in [5.74, 6) is 0.277. The summed E-state index contributed by atoms with van der Waals surface area (Å²) >= 11 is 0. The van der Waals surface area contributed by atoms with Crippen molar-refractivity contribution in [3.63, 3.8) is 0 Å². The first-order chi connectivity index (χ1) is 10.7. The van der Waals surface area contributed by atoms with Crippen molar-refractivity contribution in [1.82, 2.24) is 0 Å². The summed E-state index contributed by atoms with van der Waals surface area (Å²) in [5.41, 5.74) is 9.49. The fraction of sp³-hybridized carbons (Fsp3) is 0.500. The topological polar surface area (TPSA) is 114 Å². The third-order valence-electron chi connectivity index (χ3n) is 4.03. The van der Waals surface area contributed by atoms with Gasteiger partial charge in [0, 0.05) is 22.8 Å². The van der Waals surface area contributed by atoms with Crippen molar-refractivity contribution in [2.45, 2.75) is 30.6 Å². The van der Waals surface area contributed by atoms with Gasteiger partial charge in [0.25, 0.3) is 0 Å². The number of methoxy groups -OCH3 is 1. The SMILES string of the molecule is COC(=O)COc1cccc2c1OC1CC(O)C(N=[N+]=[N-])C21. The van der Waals surface area contributed by atoms with Crippen LogP contribution in [-0.2, 0) is 9.53 Å². The number of azide groups is 1. The summed E-state index contributed by atoms with van der Waals surface area (Å²) in [6, 6.07) is 4.76. The van der Waals surface area contributed by atoms with Crippen LogP contribution in [0.25, 0.3) is 10.4 Å². The molecule has 1 aliphatic carbocycles. The molecule has 1 aromatic rings. The summed E-state index contributed by atoms with van der Waals surface area (Å²) in [6.07, 6.45) is -0.596. The maximum absolute atomic E-state index is 11.2. The van der Waals surface area contributed by atoms with E-state index in [2.05, 4.69) is 14.8 Å². The Kier molecular flexibility index (Phi) is 3.79. The molecule has 1 aliphatic heterocycles. The van der Waals surface area contributed by atoms with Crippen LogP contribution in [0.3, 0.4) is 0 Å². The first-order valence-electron chi connectivity index (χ1n) is 6.87. The van der Waals surface area contributed by atoms with Crippen LogP contribution in [0.2, 0.25) is 0 Å². The molecule has 3 rings (SSSR count). The highest BCUT2D eigenvalue weighted by atomic mass is 16.6. The number of aliphatic hydroxyl groups excluding tert-OH is 1. The molecule has 22 heavy (non-hydrogen) atoms. The number of hydrogen-bond acceptors (Lipinski definition) is 6. The van der Waals surface area contributed by atoms with Crippen molar-refractivity contribution in [2.75, 3.05) is 13.7 Å². The lowest BCUT2D eigenvalue weighted by molar-refractivity contribution is -0.142. The molecule has 1 heterocycles. The molecule has 1 fully saturated rings. The highest BCUT2D eigenvalue weighted by Crippen LogP contribution is 2.51. The Bertz CT molecular complexity index is 643. The second-order valence-corrected chi connectivity index (χ2v) is 5.22. The van der Waals surface area contributed by atoms with E-state index in [-0.39, 0.29) is 18.6 Å². The van der Waals surface area contributed by atoms with Crippen molar-refractivity contribution in [3.8, 4) is 11.5 Å². The first kappa shape index (κ1) is 14.5. The zero-order chi connectivity index (χ0) is 15.7. The van der Waals surface area contributed by atoms with Gasteiger partial charge >= 0.3 is 5.97 Å². The Labute approximate surface area is 126 Å². The van der Waals surface area contributed by atoms with Crippen molar-refractivity contribution in [1.29, 1.82) is 0 Å². The van der Waals surface area contributed by atoms with Gasteiger partial charge in [0.15, 0.2) is 18.1 Å². The van der Waals surface area contributed by atoms with Crippen LogP contribution in [0.5, 0.6) is 11.5 Å². The Balaban J connectivity index is 1.88. The van der Waals surface area contributed by atoms with Gasteiger partial charge in [-0.1, -0.05) is 17.2 Å². The van der Waals surface area contributed by atoms with Gasteiger partial charge in [-0.15, -0.1) is 0 Å². The number of benzene rings is 1. The molecule has 8 heteroatoms. The molecule has 4 unspecified atom stereocenters. The molecule has 1 aromatic carbocycles. The average molecular weight is 305 g/mol. The number of nitrogens with zero attached hydrogens (tertiary/aromatic N) is 3. The van der Waals surface area contributed by atoms with E-state index in [0.717, 1.165) is 5.56 Å². The minimum absolute atomic E-state index is 0.206. The fourth-order valence-electron chi connectivity index (χ4n) is 3.08. The normalized spacial score (nSPS) is 28.1. The fourth-order valence-corrected chi connectivity index (χ4v) is 3.08. The molecule has 0 amide bonds. The minimum Gasteiger partial charge on any atom is -0.485 e. The summed E-state index contributed by atoms with van der Waals surface area (Å²) in [6.45, 7) is -0.214. The Morgan fingerprint density at radius 3 is 3.14 bits per heavy atom. The van der Waals surface area contributed by atoms with E-state index in [9.17, 15) is 9.90 Å². The molecule has 0 radical (unpaired) electrons. The van der Waals surface area contributed by atoms with Crippen LogP contribution in [0, 0.1) is 0 Å². The molecule has 1 saturated carbocycles. The van der Waals surface area contributed by atoms with Crippen LogP contribution in [-0.4, -0.2) is 43.0 Å². The lowest BCUT2D eigenvalue weighted by atomic mass is 9.94. The van der Waals surface area contributed by atoms with E-state index in [1.165, 1.54) is 7.11 Å². The van der Waals surface area contributed by atoms with Gasteiger partial charge in [-0.3, -0.25) is 0 Å². The van der Waals surface area contributed by atoms with E-state index in [4.69, 9.17) is 15.0 Å². The summed E-state index contributed by atoms with van der Waals surface area (Å²) in [4.78, 5) is 14.0. The van der Waals surface area contributed by atoms with E-state index in [0.29, 0.717) is 17.9 Å². The number of aliphatic hydroxyl groups is 1. The number of hydrogen-bond donors (Lipinski definition) is 1. The molecule has 4 atom stereocenters. The van der Waals surface area contributed by atoms with Gasteiger partial charge in [-0.05, 0) is 11.6 Å². The number of carbonyl (C=O) groups is 1. The number of para-hydroxylation sites is 1. The van der Waals surface area contributed by atoms with Gasteiger partial charge in [0.1, 0.15) is 6.10 Å². The van der Waals surface area contributed by atoms with Crippen molar-refractivity contribution in [2.24, 2.45) is 5.11 Å². The van der Waals surface area contributed by atoms with Gasteiger partial charge in [0.05, 0.1) is 19.3 Å². The van der Waals surface area contributed by atoms with Gasteiger partial charge in [-0.2, -0.15) is 0 Å². The molecule has 8 nitrogen and oxygen atoms in total. The Hall–Kier alpha value is -2.44. The highest BCUT2D eigenvalue weighted by Gasteiger charge is 2.50. The third-order valence-corrected chi connectivity index (χ3v) is 4.03. The maximum atomic E-state index is 11.2. The minimum atomic E-state index is -0.723. The maximum Gasteiger partial charge on any atom is 0.343 e. The molecular formula is C14H15N3O5. The number of ether oxygens (including phenoxy) is 3. The Morgan fingerprint density at radius 2 is 2.41 bits per heavy atom. The lowest BCUT2D eigenvalue weighted by Crippen LogP contribution is -2.21. The predicted molar refractivity (Wildman–Crippen MR) is 74.7 cm³/mol. The quantitative estimate of drug-likeness (QED) is 0.392. The van der Waals surface area contributed by atoms with Crippen molar-refractivity contribution >= 4 is 5.97 Å². The number of fused-ring (bicyclic) bond motifs is 3. The first-order valence-corrected chi connectivity index (χ1v) is 6.87. The number of esters is 1. The van der Waals surface area contributed by atoms with Crippen LogP contribution in [0.4, 0.5) is 0 Å². The number of carbonyl (C=O) groups excluding carboxylic acids is 1. The van der Waals surface area contributed by atoms with Crippen LogP contribution >= 0.6 is 0 Å². The second-order valence-electron chi connectivity index (χ2n) is 5.22. The van der Waals surface area contributed by atoms with E-state index in [1.54, 1.807) is 12.1 Å². The van der Waals surface area contributed by atoms with Crippen molar-refractivity contribution < 1.29 is 24.1 Å². The monoisotopic (exact) mass is 305 g/mol. The van der Waals surface area contributed by atoms with Gasteiger partial charge in [-0.25, -0.2) is 4.79 Å². The molecular weight excluding hydrogens is 290 g/mol. The zero-order valence-electron chi connectivity index (χ0n) is 11.9. The highest BCUT2D eigenvalue weighted by molar-refractivity contribution is 5.71.